The second-order valence-electron chi connectivity index (χ2n) is 8.19. The number of hydrogen-bond acceptors (Lipinski definition) is 7. The highest BCUT2D eigenvalue weighted by Gasteiger charge is 2.28. The number of amides is 1. The Morgan fingerprint density at radius 2 is 2.16 bits per heavy atom. The number of carbonyl (C=O) groups is 1. The molecule has 1 amide bonds. The molecule has 8 heteroatoms. The van der Waals surface area contributed by atoms with Crippen molar-refractivity contribution < 1.29 is 24.1 Å². The van der Waals surface area contributed by atoms with Gasteiger partial charge in [0.15, 0.2) is 0 Å². The minimum absolute atomic E-state index is 0.0403. The quantitative estimate of drug-likeness (QED) is 0.392. The summed E-state index contributed by atoms with van der Waals surface area (Å²) in [7, 11) is 0. The van der Waals surface area contributed by atoms with Crippen molar-refractivity contribution in [2.24, 2.45) is 0 Å². The van der Waals surface area contributed by atoms with Crippen LogP contribution in [-0.2, 0) is 20.8 Å². The van der Waals surface area contributed by atoms with E-state index in [1.165, 1.54) is 0 Å². The lowest BCUT2D eigenvalue weighted by Crippen LogP contribution is -2.34. The average molecular weight is 453 g/mol. The van der Waals surface area contributed by atoms with E-state index < -0.39 is 0 Å². The second kappa shape index (κ2) is 12.6. The first-order chi connectivity index (χ1) is 15.1. The first kappa shape index (κ1) is 24.3. The highest BCUT2D eigenvalue weighted by atomic mass is 32.2. The number of nitrogens with zero attached hydrogens (tertiary/aromatic N) is 1. The molecule has 0 radical (unpaired) electrons. The van der Waals surface area contributed by atoms with E-state index in [2.05, 4.69) is 21.8 Å². The number of nitrogens with one attached hydrogen (secondary N) is 1. The lowest BCUT2D eigenvalue weighted by atomic mass is 10.1. The number of benzene rings is 1. The highest BCUT2D eigenvalue weighted by molar-refractivity contribution is 7.97. The molecule has 0 aromatic heterocycles. The molecule has 3 rings (SSSR count). The molecule has 31 heavy (non-hydrogen) atoms. The van der Waals surface area contributed by atoms with Crippen molar-refractivity contribution >= 4 is 18.0 Å². The van der Waals surface area contributed by atoms with Crippen LogP contribution in [0.1, 0.15) is 50.2 Å². The monoisotopic (exact) mass is 452 g/mol. The third-order valence-corrected chi connectivity index (χ3v) is 7.04. The van der Waals surface area contributed by atoms with E-state index in [1.54, 1.807) is 11.9 Å². The minimum Gasteiger partial charge on any atom is -0.446 e. The van der Waals surface area contributed by atoms with Crippen molar-refractivity contribution in [1.29, 1.82) is 0 Å². The maximum Gasteiger partial charge on any atom is 0.407 e. The van der Waals surface area contributed by atoms with Gasteiger partial charge in [-0.05, 0) is 74.7 Å². The number of aliphatic hydroxyl groups excluding tert-OH is 1. The van der Waals surface area contributed by atoms with Crippen molar-refractivity contribution in [3.63, 3.8) is 0 Å². The van der Waals surface area contributed by atoms with E-state index in [0.717, 1.165) is 67.9 Å². The number of hydrogen-bond donors (Lipinski definition) is 2. The summed E-state index contributed by atoms with van der Waals surface area (Å²) >= 11 is 1.70. The van der Waals surface area contributed by atoms with E-state index in [0.29, 0.717) is 19.2 Å². The molecule has 2 unspecified atom stereocenters. The molecule has 174 valence electrons. The summed E-state index contributed by atoms with van der Waals surface area (Å²) in [6.07, 6.45) is 4.29. The fourth-order valence-corrected chi connectivity index (χ4v) is 5.21. The smallest absolute Gasteiger partial charge is 0.407 e. The number of ether oxygens (including phenoxy) is 3. The Morgan fingerprint density at radius 3 is 2.90 bits per heavy atom. The molecule has 0 bridgehead atoms. The zero-order valence-electron chi connectivity index (χ0n) is 18.7. The molecule has 1 aliphatic carbocycles. The van der Waals surface area contributed by atoms with Gasteiger partial charge in [0.1, 0.15) is 6.10 Å². The normalized spacial score (nSPS) is 23.4. The standard InChI is InChI=1S/C23H36N2O5S/c1-3-29-20-6-7-21(14-20)30-23(27)24-10-4-11-25(19-9-12-28-16-19)31-22-8-5-17(2)18(13-22)15-26/h5,8,13,19-21,26H,3-4,6-7,9-12,14-16H2,1-2H3,(H,24,27)/t19-,20?,21?/m1/s1. The molecule has 1 aliphatic heterocycles. The molecule has 1 heterocycles. The lowest BCUT2D eigenvalue weighted by molar-refractivity contribution is 0.0490. The van der Waals surface area contributed by atoms with Gasteiger partial charge in [-0.15, -0.1) is 0 Å². The summed E-state index contributed by atoms with van der Waals surface area (Å²) in [6.45, 7) is 7.66. The predicted octanol–water partition coefficient (Wildman–Crippen LogP) is 3.66. The third-order valence-electron chi connectivity index (χ3n) is 5.86. The number of aryl methyl sites for hydroxylation is 1. The van der Waals surface area contributed by atoms with Crippen LogP contribution in [0.2, 0.25) is 0 Å². The van der Waals surface area contributed by atoms with Crippen molar-refractivity contribution in [2.45, 2.75) is 75.7 Å². The maximum atomic E-state index is 12.1. The van der Waals surface area contributed by atoms with Gasteiger partial charge in [0.05, 0.1) is 19.3 Å². The number of aliphatic hydroxyl groups is 1. The first-order valence-corrected chi connectivity index (χ1v) is 12.1. The van der Waals surface area contributed by atoms with Gasteiger partial charge in [0.25, 0.3) is 0 Å². The maximum absolute atomic E-state index is 12.1. The molecule has 0 spiro atoms. The van der Waals surface area contributed by atoms with Crippen LogP contribution in [0.15, 0.2) is 23.1 Å². The average Bonchev–Trinajstić information content (AvgIpc) is 3.44. The van der Waals surface area contributed by atoms with E-state index >= 15 is 0 Å². The number of alkyl carbamates (subject to hydrolysis) is 1. The van der Waals surface area contributed by atoms with Gasteiger partial charge >= 0.3 is 6.09 Å². The second-order valence-corrected chi connectivity index (χ2v) is 9.32. The Bertz CT molecular complexity index is 699. The highest BCUT2D eigenvalue weighted by Crippen LogP contribution is 2.30. The summed E-state index contributed by atoms with van der Waals surface area (Å²) in [5.41, 5.74) is 2.05. The van der Waals surface area contributed by atoms with Gasteiger partial charge in [0, 0.05) is 43.7 Å². The molecule has 2 fully saturated rings. The molecular formula is C23H36N2O5S. The molecule has 1 saturated carbocycles. The van der Waals surface area contributed by atoms with Crippen LogP contribution in [0.3, 0.4) is 0 Å². The van der Waals surface area contributed by atoms with Crippen LogP contribution < -0.4 is 5.32 Å². The predicted molar refractivity (Wildman–Crippen MR) is 121 cm³/mol. The van der Waals surface area contributed by atoms with Gasteiger partial charge in [-0.1, -0.05) is 6.07 Å². The Kier molecular flexibility index (Phi) is 9.93. The minimum atomic E-state index is -0.336. The Morgan fingerprint density at radius 1 is 1.32 bits per heavy atom. The van der Waals surface area contributed by atoms with Crippen LogP contribution in [-0.4, -0.2) is 66.7 Å². The van der Waals surface area contributed by atoms with Gasteiger partial charge in [-0.25, -0.2) is 9.10 Å². The first-order valence-electron chi connectivity index (χ1n) is 11.4. The van der Waals surface area contributed by atoms with E-state index in [9.17, 15) is 9.90 Å². The van der Waals surface area contributed by atoms with Gasteiger partial charge in [-0.2, -0.15) is 0 Å². The van der Waals surface area contributed by atoms with Gasteiger partial charge < -0.3 is 24.6 Å². The van der Waals surface area contributed by atoms with Crippen LogP contribution in [0, 0.1) is 6.92 Å². The Labute approximate surface area is 189 Å². The zero-order chi connectivity index (χ0) is 22.1. The number of carbonyl (C=O) groups excluding carboxylic acids is 1. The fraction of sp³-hybridized carbons (Fsp3) is 0.696. The molecule has 1 saturated heterocycles. The largest absolute Gasteiger partial charge is 0.446 e. The van der Waals surface area contributed by atoms with Gasteiger partial charge in [-0.3, -0.25) is 0 Å². The summed E-state index contributed by atoms with van der Waals surface area (Å²) < 4.78 is 19.1. The summed E-state index contributed by atoms with van der Waals surface area (Å²) in [6, 6.07) is 6.54. The summed E-state index contributed by atoms with van der Waals surface area (Å²) in [5, 5.41) is 12.4. The van der Waals surface area contributed by atoms with Crippen LogP contribution in [0.4, 0.5) is 4.79 Å². The fourth-order valence-electron chi connectivity index (χ4n) is 4.08. The Balaban J connectivity index is 1.42. The van der Waals surface area contributed by atoms with Crippen molar-refractivity contribution in [3.05, 3.63) is 29.3 Å². The molecule has 7 nitrogen and oxygen atoms in total. The van der Waals surface area contributed by atoms with E-state index in [-0.39, 0.29) is 24.9 Å². The summed E-state index contributed by atoms with van der Waals surface area (Å²) in [4.78, 5) is 13.2. The molecular weight excluding hydrogens is 416 g/mol. The van der Waals surface area contributed by atoms with Crippen LogP contribution in [0.25, 0.3) is 0 Å². The van der Waals surface area contributed by atoms with Crippen LogP contribution in [0.5, 0.6) is 0 Å². The zero-order valence-corrected chi connectivity index (χ0v) is 19.5. The molecule has 2 aliphatic rings. The van der Waals surface area contributed by atoms with Gasteiger partial charge in [0.2, 0.25) is 0 Å². The topological polar surface area (TPSA) is 80.3 Å². The van der Waals surface area contributed by atoms with E-state index in [1.807, 2.05) is 19.9 Å². The summed E-state index contributed by atoms with van der Waals surface area (Å²) in [5.74, 6) is 0. The molecule has 2 N–H and O–H groups in total. The van der Waals surface area contributed by atoms with Crippen molar-refractivity contribution in [1.82, 2.24) is 9.62 Å². The van der Waals surface area contributed by atoms with Crippen molar-refractivity contribution in [3.8, 4) is 0 Å². The Hall–Kier alpha value is -1.32. The SMILES string of the molecule is CCOC1CCC(OC(=O)NCCCN(Sc2ccc(C)c(CO)c2)[C@@H]2CCOC2)C1. The van der Waals surface area contributed by atoms with Crippen molar-refractivity contribution in [2.75, 3.05) is 32.9 Å². The third kappa shape index (κ3) is 7.64. The lowest BCUT2D eigenvalue weighted by Gasteiger charge is -2.27. The van der Waals surface area contributed by atoms with E-state index in [4.69, 9.17) is 14.2 Å². The molecule has 3 atom stereocenters. The molecule has 1 aromatic rings. The number of rotatable bonds is 11. The van der Waals surface area contributed by atoms with Crippen LogP contribution >= 0.6 is 11.9 Å². The molecule has 1 aromatic carbocycles.